The molecule has 0 unspecified atom stereocenters. The molecule has 1 aromatic carbocycles. The van der Waals surface area contributed by atoms with Crippen LogP contribution in [-0.4, -0.2) is 47.9 Å². The zero-order valence-corrected chi connectivity index (χ0v) is 18.2. The summed E-state index contributed by atoms with van der Waals surface area (Å²) >= 11 is 1.33. The van der Waals surface area contributed by atoms with Gasteiger partial charge in [0.15, 0.2) is 0 Å². The molecule has 0 radical (unpaired) electrons. The predicted octanol–water partition coefficient (Wildman–Crippen LogP) is 3.43. The minimum Gasteiger partial charge on any atom is -0.396 e. The van der Waals surface area contributed by atoms with Crippen LogP contribution in [-0.2, 0) is 24.4 Å². The van der Waals surface area contributed by atoms with Crippen LogP contribution in [0.2, 0.25) is 0 Å². The molecular formula is C21H25F2N5O2S. The molecule has 3 heterocycles. The van der Waals surface area contributed by atoms with Gasteiger partial charge in [0.2, 0.25) is 5.91 Å². The van der Waals surface area contributed by atoms with Crippen LogP contribution in [0.5, 0.6) is 0 Å². The lowest BCUT2D eigenvalue weighted by Gasteiger charge is -2.14. The first-order valence-corrected chi connectivity index (χ1v) is 10.6. The molecule has 2 aromatic heterocycles. The highest BCUT2D eigenvalue weighted by atomic mass is 32.2. The van der Waals surface area contributed by atoms with Gasteiger partial charge >= 0.3 is 0 Å². The SMILES string of the molecule is Cc1nn(CC(F)F)c(C)c1Sn1cc2c(n1)CN(C(=O)CCO)C2.c1ccccc1. The summed E-state index contributed by atoms with van der Waals surface area (Å²) in [6.45, 7) is 3.84. The number of carbonyl (C=O) groups is 1. The molecular weight excluding hydrogens is 424 g/mol. The summed E-state index contributed by atoms with van der Waals surface area (Å²) < 4.78 is 28.2. The summed E-state index contributed by atoms with van der Waals surface area (Å²) in [5.74, 6) is -0.0975. The summed E-state index contributed by atoms with van der Waals surface area (Å²) in [5, 5.41) is 17.5. The molecule has 4 rings (SSSR count). The zero-order valence-electron chi connectivity index (χ0n) is 17.4. The van der Waals surface area contributed by atoms with Crippen LogP contribution in [0.3, 0.4) is 0 Å². The maximum atomic E-state index is 12.6. The Bertz CT molecular complexity index is 957. The molecule has 1 aliphatic rings. The van der Waals surface area contributed by atoms with Crippen molar-refractivity contribution in [3.05, 3.63) is 65.2 Å². The Hall–Kier alpha value is -2.72. The molecule has 0 fully saturated rings. The van der Waals surface area contributed by atoms with Gasteiger partial charge in [-0.3, -0.25) is 9.48 Å². The summed E-state index contributed by atoms with van der Waals surface area (Å²) in [6.07, 6.45) is -0.497. The van der Waals surface area contributed by atoms with Crippen LogP contribution in [0.25, 0.3) is 0 Å². The van der Waals surface area contributed by atoms with E-state index in [1.54, 1.807) is 22.8 Å². The minimum absolute atomic E-state index is 0.0975. The van der Waals surface area contributed by atoms with Gasteiger partial charge in [0, 0.05) is 36.7 Å². The lowest BCUT2D eigenvalue weighted by Crippen LogP contribution is -2.26. The van der Waals surface area contributed by atoms with Crippen LogP contribution >= 0.6 is 11.9 Å². The first-order chi connectivity index (χ1) is 14.9. The van der Waals surface area contributed by atoms with Gasteiger partial charge < -0.3 is 10.0 Å². The average Bonchev–Trinajstić information content (AvgIpc) is 3.38. The third kappa shape index (κ3) is 5.92. The second-order valence-corrected chi connectivity index (χ2v) is 8.01. The molecule has 0 aliphatic carbocycles. The molecule has 10 heteroatoms. The van der Waals surface area contributed by atoms with Gasteiger partial charge in [0.25, 0.3) is 6.43 Å². The fourth-order valence-corrected chi connectivity index (χ4v) is 4.12. The van der Waals surface area contributed by atoms with E-state index in [9.17, 15) is 13.6 Å². The normalized spacial score (nSPS) is 12.6. The van der Waals surface area contributed by atoms with Crippen molar-refractivity contribution in [2.24, 2.45) is 0 Å². The number of alkyl halides is 2. The Kier molecular flexibility index (Phi) is 7.80. The Morgan fingerprint density at radius 2 is 1.77 bits per heavy atom. The van der Waals surface area contributed by atoms with Gasteiger partial charge in [-0.2, -0.15) is 10.2 Å². The number of fused-ring (bicyclic) bond motifs is 1. The third-order valence-corrected chi connectivity index (χ3v) is 5.86. The average molecular weight is 450 g/mol. The maximum absolute atomic E-state index is 12.6. The van der Waals surface area contributed by atoms with Crippen LogP contribution in [0.4, 0.5) is 8.78 Å². The molecule has 166 valence electrons. The second kappa shape index (κ2) is 10.5. The molecule has 3 aromatic rings. The van der Waals surface area contributed by atoms with E-state index >= 15 is 0 Å². The molecule has 0 saturated heterocycles. The largest absolute Gasteiger partial charge is 0.396 e. The Labute approximate surface area is 183 Å². The standard InChI is InChI=1S/C15H19F2N5O2S.C6H6/c1-9-15(10(2)21(18-9)8-13(16)17)25-22-6-11-5-20(7-12(11)19-22)14(24)3-4-23;1-2-4-6-5-3-1/h6,13,23H,3-5,7-8H2,1-2H3;1-6H. The number of aliphatic hydroxyl groups excluding tert-OH is 1. The van der Waals surface area contributed by atoms with E-state index in [2.05, 4.69) is 10.2 Å². The van der Waals surface area contributed by atoms with Crippen molar-refractivity contribution in [1.82, 2.24) is 23.9 Å². The number of amides is 1. The molecule has 31 heavy (non-hydrogen) atoms. The van der Waals surface area contributed by atoms with Crippen molar-refractivity contribution in [2.45, 2.75) is 51.2 Å². The quantitative estimate of drug-likeness (QED) is 0.624. The number of hydrogen-bond donors (Lipinski definition) is 1. The van der Waals surface area contributed by atoms with Crippen molar-refractivity contribution in [3.63, 3.8) is 0 Å². The monoisotopic (exact) mass is 449 g/mol. The van der Waals surface area contributed by atoms with Gasteiger partial charge in [0.1, 0.15) is 6.54 Å². The van der Waals surface area contributed by atoms with Crippen LogP contribution < -0.4 is 0 Å². The predicted molar refractivity (Wildman–Crippen MR) is 114 cm³/mol. The fourth-order valence-electron chi connectivity index (χ4n) is 3.20. The highest BCUT2D eigenvalue weighted by Gasteiger charge is 2.26. The number of nitrogens with zero attached hydrogens (tertiary/aromatic N) is 5. The fraction of sp³-hybridized carbons (Fsp3) is 0.381. The molecule has 0 bridgehead atoms. The number of aliphatic hydroxyl groups is 1. The molecule has 1 N–H and O–H groups in total. The third-order valence-electron chi connectivity index (χ3n) is 4.71. The number of hydrogen-bond acceptors (Lipinski definition) is 5. The highest BCUT2D eigenvalue weighted by molar-refractivity contribution is 7.97. The summed E-state index contributed by atoms with van der Waals surface area (Å²) in [6, 6.07) is 12.0. The first kappa shape index (κ1) is 23.0. The van der Waals surface area contributed by atoms with E-state index in [0.717, 1.165) is 16.2 Å². The topological polar surface area (TPSA) is 76.2 Å². The van der Waals surface area contributed by atoms with Crippen molar-refractivity contribution < 1.29 is 18.7 Å². The summed E-state index contributed by atoms with van der Waals surface area (Å²) in [7, 11) is 0. The van der Waals surface area contributed by atoms with Crippen molar-refractivity contribution in [2.75, 3.05) is 6.61 Å². The zero-order chi connectivity index (χ0) is 22.4. The van der Waals surface area contributed by atoms with Gasteiger partial charge in [-0.1, -0.05) is 36.4 Å². The highest BCUT2D eigenvalue weighted by Crippen LogP contribution is 2.30. The van der Waals surface area contributed by atoms with E-state index in [0.29, 0.717) is 24.5 Å². The summed E-state index contributed by atoms with van der Waals surface area (Å²) in [4.78, 5) is 14.3. The van der Waals surface area contributed by atoms with Crippen LogP contribution in [0.15, 0.2) is 47.5 Å². The lowest BCUT2D eigenvalue weighted by atomic mass is 10.3. The van der Waals surface area contributed by atoms with Gasteiger partial charge in [-0.05, 0) is 13.8 Å². The van der Waals surface area contributed by atoms with Gasteiger partial charge in [-0.25, -0.2) is 12.9 Å². The number of rotatable bonds is 6. The van der Waals surface area contributed by atoms with Crippen molar-refractivity contribution >= 4 is 17.9 Å². The Balaban J connectivity index is 0.000000391. The number of carbonyl (C=O) groups excluding carboxylic acids is 1. The number of benzene rings is 1. The second-order valence-electron chi connectivity index (χ2n) is 7.05. The van der Waals surface area contributed by atoms with E-state index in [4.69, 9.17) is 5.11 Å². The molecule has 0 saturated carbocycles. The van der Waals surface area contributed by atoms with Crippen molar-refractivity contribution in [3.8, 4) is 0 Å². The number of aromatic nitrogens is 4. The lowest BCUT2D eigenvalue weighted by molar-refractivity contribution is -0.132. The van der Waals surface area contributed by atoms with E-state index in [1.807, 2.05) is 42.6 Å². The molecule has 0 atom stereocenters. The Morgan fingerprint density at radius 1 is 1.13 bits per heavy atom. The van der Waals surface area contributed by atoms with Crippen molar-refractivity contribution in [1.29, 1.82) is 0 Å². The summed E-state index contributed by atoms with van der Waals surface area (Å²) in [5.41, 5.74) is 3.12. The van der Waals surface area contributed by atoms with E-state index < -0.39 is 13.0 Å². The van der Waals surface area contributed by atoms with E-state index in [-0.39, 0.29) is 18.9 Å². The number of halogens is 2. The first-order valence-electron chi connectivity index (χ1n) is 9.85. The van der Waals surface area contributed by atoms with Crippen LogP contribution in [0.1, 0.15) is 29.1 Å². The smallest absolute Gasteiger partial charge is 0.257 e. The Morgan fingerprint density at radius 3 is 2.32 bits per heavy atom. The minimum atomic E-state index is -2.45. The molecule has 0 spiro atoms. The van der Waals surface area contributed by atoms with Gasteiger partial charge in [0.05, 0.1) is 35.1 Å². The maximum Gasteiger partial charge on any atom is 0.257 e. The number of aryl methyl sites for hydroxylation is 1. The molecule has 7 nitrogen and oxygen atoms in total. The van der Waals surface area contributed by atoms with Crippen LogP contribution in [0, 0.1) is 13.8 Å². The molecule has 1 aliphatic heterocycles. The molecule has 1 amide bonds. The van der Waals surface area contributed by atoms with Gasteiger partial charge in [-0.15, -0.1) is 0 Å². The van der Waals surface area contributed by atoms with E-state index in [1.165, 1.54) is 16.6 Å².